The molecule has 0 saturated heterocycles. The Kier molecular flexibility index (Phi) is 51.9. The van der Waals surface area contributed by atoms with E-state index in [1.165, 1.54) is 77.0 Å². The summed E-state index contributed by atoms with van der Waals surface area (Å²) in [7, 11) is -4.76. The molecule has 0 spiro atoms. The smallest absolute Gasteiger partial charge is 0.462 e. The molecule has 0 aromatic carbocycles. The molecule has 3 unspecified atom stereocenters. The lowest BCUT2D eigenvalue weighted by Gasteiger charge is -2.21. The minimum atomic E-state index is -4.76. The van der Waals surface area contributed by atoms with Crippen LogP contribution in [0.15, 0.2) is 72.9 Å². The molecule has 2 N–H and O–H groups in total. The van der Waals surface area contributed by atoms with Crippen molar-refractivity contribution in [2.24, 2.45) is 0 Å². The van der Waals surface area contributed by atoms with E-state index in [4.69, 9.17) is 23.3 Å². The number of allylic oxidation sites excluding steroid dienone is 12. The van der Waals surface area contributed by atoms with E-state index in [2.05, 4.69) is 93.7 Å². The molecule has 0 aromatic rings. The molecule has 0 heterocycles. The number of unbranched alkanes of at least 4 members (excludes halogenated alkanes) is 24. The van der Waals surface area contributed by atoms with Crippen LogP contribution in [-0.2, 0) is 42.2 Å². The summed E-state index contributed by atoms with van der Waals surface area (Å²) in [5.41, 5.74) is 0. The van der Waals surface area contributed by atoms with Crippen molar-refractivity contribution in [3.05, 3.63) is 72.9 Å². The number of carbonyl (C=O) groups excluding carboxylic acids is 3. The van der Waals surface area contributed by atoms with Crippen LogP contribution < -0.4 is 0 Å². The first-order valence-electron chi connectivity index (χ1n) is 28.8. The van der Waals surface area contributed by atoms with E-state index < -0.39 is 57.8 Å². The summed E-state index contributed by atoms with van der Waals surface area (Å²) in [5, 5.41) is 9.81. The number of hydrogen-bond donors (Lipinski definition) is 2. The number of esters is 3. The third-order valence-corrected chi connectivity index (χ3v) is 13.0. The van der Waals surface area contributed by atoms with Crippen LogP contribution in [0.3, 0.4) is 0 Å². The van der Waals surface area contributed by atoms with Gasteiger partial charge in [-0.05, 0) is 109 Å². The van der Waals surface area contributed by atoms with Crippen LogP contribution in [-0.4, -0.2) is 66.5 Å². The van der Waals surface area contributed by atoms with Gasteiger partial charge in [0.1, 0.15) is 12.7 Å². The maximum atomic E-state index is 12.9. The fourth-order valence-corrected chi connectivity index (χ4v) is 8.47. The van der Waals surface area contributed by atoms with Crippen molar-refractivity contribution in [3.8, 4) is 0 Å². The Balaban J connectivity index is 4.78. The maximum absolute atomic E-state index is 12.9. The van der Waals surface area contributed by atoms with E-state index in [0.29, 0.717) is 19.3 Å². The molecule has 72 heavy (non-hydrogen) atoms. The highest BCUT2D eigenvalue weighted by atomic mass is 31.2. The van der Waals surface area contributed by atoms with E-state index >= 15 is 0 Å². The Morgan fingerprint density at radius 3 is 1.15 bits per heavy atom. The van der Waals surface area contributed by atoms with Gasteiger partial charge in [0, 0.05) is 19.3 Å². The fraction of sp³-hybridized carbons (Fsp3) is 0.750. The van der Waals surface area contributed by atoms with Gasteiger partial charge in [-0.2, -0.15) is 0 Å². The van der Waals surface area contributed by atoms with Crippen LogP contribution >= 0.6 is 7.82 Å². The lowest BCUT2D eigenvalue weighted by atomic mass is 10.1. The Bertz CT molecular complexity index is 1490. The average Bonchev–Trinajstić information content (AvgIpc) is 3.37. The van der Waals surface area contributed by atoms with Gasteiger partial charge < -0.3 is 24.2 Å². The number of phosphoric acid groups is 1. The van der Waals surface area contributed by atoms with Crippen molar-refractivity contribution in [3.63, 3.8) is 0 Å². The van der Waals surface area contributed by atoms with Gasteiger partial charge in [-0.3, -0.25) is 23.4 Å². The molecular weight excluding hydrogens is 928 g/mol. The van der Waals surface area contributed by atoms with Gasteiger partial charge in [0.25, 0.3) is 0 Å². The molecule has 416 valence electrons. The van der Waals surface area contributed by atoms with Gasteiger partial charge in [0.2, 0.25) is 0 Å². The highest BCUT2D eigenvalue weighted by Crippen LogP contribution is 2.43. The Morgan fingerprint density at radius 2 is 0.722 bits per heavy atom. The molecule has 0 saturated carbocycles. The lowest BCUT2D eigenvalue weighted by molar-refractivity contribution is -0.161. The minimum Gasteiger partial charge on any atom is -0.462 e. The summed E-state index contributed by atoms with van der Waals surface area (Å²) in [6.45, 7) is 4.46. The fourth-order valence-electron chi connectivity index (χ4n) is 7.69. The van der Waals surface area contributed by atoms with Gasteiger partial charge >= 0.3 is 25.7 Å². The highest BCUT2D eigenvalue weighted by Gasteiger charge is 2.28. The average molecular weight is 1030 g/mol. The highest BCUT2D eigenvalue weighted by molar-refractivity contribution is 7.47. The van der Waals surface area contributed by atoms with Crippen LogP contribution in [0, 0.1) is 0 Å². The van der Waals surface area contributed by atoms with Gasteiger partial charge in [-0.1, -0.05) is 196 Å². The number of aliphatic hydroxyl groups is 1. The molecule has 0 aliphatic rings. The number of carbonyl (C=O) groups is 3. The zero-order valence-corrected chi connectivity index (χ0v) is 46.8. The summed E-state index contributed by atoms with van der Waals surface area (Å²) in [5.74, 6) is -1.53. The van der Waals surface area contributed by atoms with Crippen LogP contribution in [0.1, 0.15) is 252 Å². The summed E-state index contributed by atoms with van der Waals surface area (Å²) in [4.78, 5) is 48.5. The van der Waals surface area contributed by atoms with Gasteiger partial charge in [0.15, 0.2) is 6.10 Å². The van der Waals surface area contributed by atoms with Crippen LogP contribution in [0.2, 0.25) is 0 Å². The van der Waals surface area contributed by atoms with Crippen molar-refractivity contribution in [2.45, 2.75) is 264 Å². The van der Waals surface area contributed by atoms with E-state index in [-0.39, 0.29) is 25.9 Å². The monoisotopic (exact) mass is 1030 g/mol. The number of rotatable bonds is 53. The Labute approximate surface area is 439 Å². The van der Waals surface area contributed by atoms with Crippen LogP contribution in [0.5, 0.6) is 0 Å². The normalized spacial score (nSPS) is 13.9. The molecule has 3 atom stereocenters. The molecule has 0 amide bonds. The summed E-state index contributed by atoms with van der Waals surface area (Å²) >= 11 is 0. The molecule has 0 bridgehead atoms. The Hall–Kier alpha value is -3.08. The zero-order valence-electron chi connectivity index (χ0n) is 45.9. The molecule has 0 rings (SSSR count). The molecular formula is C60H105O11P. The van der Waals surface area contributed by atoms with Crippen molar-refractivity contribution < 1.29 is 52.2 Å². The van der Waals surface area contributed by atoms with Crippen molar-refractivity contribution in [2.75, 3.05) is 26.4 Å². The molecule has 0 radical (unpaired) electrons. The van der Waals surface area contributed by atoms with Crippen molar-refractivity contribution in [1.29, 1.82) is 0 Å². The molecule has 12 heteroatoms. The summed E-state index contributed by atoms with van der Waals surface area (Å²) in [6.07, 6.45) is 60.1. The largest absolute Gasteiger partial charge is 0.472 e. The number of ether oxygens (including phenoxy) is 3. The SMILES string of the molecule is CC/C=C\C/C=C\C/C=C\C/C=C\CCCCC(=O)OC(COC(=O)CCCCCCC/C=C\CCCCCCCC)COP(=O)(O)OCC(CO)OC(=O)CCCCCCC/C=C\CCCCCCCC. The standard InChI is InChI=1S/C60H105O11P/c1-4-7-10-13-16-19-22-25-28-31-34-37-40-43-46-49-58(62)67-53-57(71-60(64)51-48-45-42-39-36-33-30-27-24-21-18-15-12-9-6-3)55-69-72(65,66)68-54-56(52-61)70-59(63)50-47-44-41-38-35-32-29-26-23-20-17-14-11-8-5-2/h9,12,18,21,25-30,36,39,56-57,61H,4-8,10-11,13-17,19-20,22-24,31-35,37-38,40-55H2,1-3H3,(H,65,66)/b12-9-,21-18-,28-25-,29-26-,30-27-,39-36-. The minimum absolute atomic E-state index is 0.112. The third kappa shape index (κ3) is 51.8. The molecule has 11 nitrogen and oxygen atoms in total. The summed E-state index contributed by atoms with van der Waals surface area (Å²) < 4.78 is 39.4. The number of hydrogen-bond acceptors (Lipinski definition) is 10. The molecule has 0 fully saturated rings. The maximum Gasteiger partial charge on any atom is 0.472 e. The van der Waals surface area contributed by atoms with E-state index in [0.717, 1.165) is 116 Å². The predicted molar refractivity (Wildman–Crippen MR) is 298 cm³/mol. The van der Waals surface area contributed by atoms with E-state index in [1.807, 2.05) is 0 Å². The van der Waals surface area contributed by atoms with Crippen LogP contribution in [0.4, 0.5) is 0 Å². The molecule has 0 aliphatic carbocycles. The third-order valence-electron chi connectivity index (χ3n) is 12.1. The number of phosphoric ester groups is 1. The molecule has 0 aromatic heterocycles. The topological polar surface area (TPSA) is 155 Å². The van der Waals surface area contributed by atoms with Crippen LogP contribution in [0.25, 0.3) is 0 Å². The lowest BCUT2D eigenvalue weighted by Crippen LogP contribution is -2.30. The van der Waals surface area contributed by atoms with E-state index in [1.54, 1.807) is 0 Å². The van der Waals surface area contributed by atoms with Gasteiger partial charge in [-0.15, -0.1) is 0 Å². The zero-order chi connectivity index (χ0) is 52.7. The van der Waals surface area contributed by atoms with Gasteiger partial charge in [0.05, 0.1) is 19.8 Å². The molecule has 0 aliphatic heterocycles. The second-order valence-corrected chi connectivity index (χ2v) is 20.5. The van der Waals surface area contributed by atoms with E-state index in [9.17, 15) is 28.9 Å². The predicted octanol–water partition coefficient (Wildman–Crippen LogP) is 16.9. The van der Waals surface area contributed by atoms with Crippen molar-refractivity contribution >= 4 is 25.7 Å². The van der Waals surface area contributed by atoms with Crippen molar-refractivity contribution in [1.82, 2.24) is 0 Å². The summed E-state index contributed by atoms with van der Waals surface area (Å²) in [6, 6.07) is 0. The first-order valence-corrected chi connectivity index (χ1v) is 30.3. The first-order chi connectivity index (χ1) is 35.2. The second-order valence-electron chi connectivity index (χ2n) is 19.1. The Morgan fingerprint density at radius 1 is 0.403 bits per heavy atom. The second kappa shape index (κ2) is 54.2. The quantitative estimate of drug-likeness (QED) is 0.0197. The number of aliphatic hydroxyl groups excluding tert-OH is 1. The first kappa shape index (κ1) is 68.9. The van der Waals surface area contributed by atoms with Gasteiger partial charge in [-0.25, -0.2) is 4.57 Å².